The smallest absolute Gasteiger partial charge is 0.138 e. The van der Waals surface area contributed by atoms with Crippen molar-refractivity contribution < 1.29 is 4.74 Å². The fourth-order valence-electron chi connectivity index (χ4n) is 2.45. The molecule has 0 aliphatic carbocycles. The Morgan fingerprint density at radius 3 is 2.64 bits per heavy atom. The third kappa shape index (κ3) is 3.36. The standard InChI is InChI=1S/C17H19N3OS/c1-13-18-19-17(12-16-4-3-11-22-16)20(13)10-9-14-5-7-15(21-2)8-6-14/h3-8,11H,9-10,12H2,1-2H3. The van der Waals surface area contributed by atoms with Gasteiger partial charge in [0.2, 0.25) is 0 Å². The lowest BCUT2D eigenvalue weighted by Crippen LogP contribution is -2.08. The van der Waals surface area contributed by atoms with Crippen LogP contribution in [0.15, 0.2) is 41.8 Å². The fraction of sp³-hybridized carbons (Fsp3) is 0.294. The van der Waals surface area contributed by atoms with Crippen LogP contribution in [0.5, 0.6) is 5.75 Å². The number of aromatic nitrogens is 3. The molecule has 0 aliphatic rings. The molecule has 0 atom stereocenters. The highest BCUT2D eigenvalue weighted by Gasteiger charge is 2.10. The van der Waals surface area contributed by atoms with Crippen LogP contribution in [0.4, 0.5) is 0 Å². The van der Waals surface area contributed by atoms with Gasteiger partial charge in [0.15, 0.2) is 0 Å². The topological polar surface area (TPSA) is 39.9 Å². The van der Waals surface area contributed by atoms with Crippen LogP contribution >= 0.6 is 11.3 Å². The Hall–Kier alpha value is -2.14. The van der Waals surface area contributed by atoms with E-state index in [0.717, 1.165) is 36.8 Å². The first-order chi connectivity index (χ1) is 10.8. The number of aryl methyl sites for hydroxylation is 2. The van der Waals surface area contributed by atoms with Gasteiger partial charge in [0.25, 0.3) is 0 Å². The van der Waals surface area contributed by atoms with E-state index in [1.807, 2.05) is 19.1 Å². The van der Waals surface area contributed by atoms with Crippen LogP contribution in [0.1, 0.15) is 22.1 Å². The molecule has 3 aromatic rings. The summed E-state index contributed by atoms with van der Waals surface area (Å²) < 4.78 is 7.40. The second-order valence-corrected chi connectivity index (χ2v) is 6.20. The molecule has 1 aromatic carbocycles. The molecule has 0 saturated heterocycles. The third-order valence-electron chi connectivity index (χ3n) is 3.71. The minimum absolute atomic E-state index is 0.848. The molecule has 2 aromatic heterocycles. The average Bonchev–Trinajstić information content (AvgIpc) is 3.17. The zero-order valence-electron chi connectivity index (χ0n) is 12.8. The molecule has 0 N–H and O–H groups in total. The van der Waals surface area contributed by atoms with Crippen LogP contribution in [0, 0.1) is 6.92 Å². The van der Waals surface area contributed by atoms with E-state index in [1.54, 1.807) is 18.4 Å². The highest BCUT2D eigenvalue weighted by molar-refractivity contribution is 7.09. The van der Waals surface area contributed by atoms with Crippen LogP contribution < -0.4 is 4.74 Å². The van der Waals surface area contributed by atoms with Gasteiger partial charge in [-0.05, 0) is 42.5 Å². The molecule has 0 amide bonds. The normalized spacial score (nSPS) is 10.8. The number of thiophene rings is 1. The van der Waals surface area contributed by atoms with Crippen molar-refractivity contribution in [1.29, 1.82) is 0 Å². The van der Waals surface area contributed by atoms with E-state index in [1.165, 1.54) is 10.4 Å². The molecule has 114 valence electrons. The Kier molecular flexibility index (Phi) is 4.53. The largest absolute Gasteiger partial charge is 0.497 e. The van der Waals surface area contributed by atoms with Crippen LogP contribution in [-0.2, 0) is 19.4 Å². The highest BCUT2D eigenvalue weighted by Crippen LogP contribution is 2.16. The summed E-state index contributed by atoms with van der Waals surface area (Å²) in [6, 6.07) is 12.4. The molecule has 0 aliphatic heterocycles. The monoisotopic (exact) mass is 313 g/mol. The summed E-state index contributed by atoms with van der Waals surface area (Å²) in [6.45, 7) is 2.91. The van der Waals surface area contributed by atoms with Crippen LogP contribution in [0.25, 0.3) is 0 Å². The summed E-state index contributed by atoms with van der Waals surface area (Å²) >= 11 is 1.76. The number of rotatable bonds is 6. The predicted molar refractivity (Wildman–Crippen MR) is 88.6 cm³/mol. The summed E-state index contributed by atoms with van der Waals surface area (Å²) in [5.41, 5.74) is 1.29. The summed E-state index contributed by atoms with van der Waals surface area (Å²) in [7, 11) is 1.69. The maximum atomic E-state index is 5.19. The zero-order valence-corrected chi connectivity index (χ0v) is 13.6. The number of nitrogens with zero attached hydrogens (tertiary/aromatic N) is 3. The molecule has 5 heteroatoms. The van der Waals surface area contributed by atoms with Crippen LogP contribution in [0.3, 0.4) is 0 Å². The molecule has 0 radical (unpaired) electrons. The summed E-state index contributed by atoms with van der Waals surface area (Å²) in [5, 5.41) is 10.7. The molecule has 0 bridgehead atoms. The lowest BCUT2D eigenvalue weighted by Gasteiger charge is -2.09. The quantitative estimate of drug-likeness (QED) is 0.699. The van der Waals surface area contributed by atoms with Gasteiger partial charge < -0.3 is 9.30 Å². The minimum atomic E-state index is 0.848. The first kappa shape index (κ1) is 14.8. The maximum Gasteiger partial charge on any atom is 0.138 e. The zero-order chi connectivity index (χ0) is 15.4. The summed E-state index contributed by atoms with van der Waals surface area (Å²) in [4.78, 5) is 1.32. The summed E-state index contributed by atoms with van der Waals surface area (Å²) in [5.74, 6) is 2.90. The van der Waals surface area contributed by atoms with Crippen molar-refractivity contribution in [3.8, 4) is 5.75 Å². The molecule has 0 fully saturated rings. The number of benzene rings is 1. The second kappa shape index (κ2) is 6.75. The van der Waals surface area contributed by atoms with E-state index in [2.05, 4.69) is 44.4 Å². The van der Waals surface area contributed by atoms with Gasteiger partial charge >= 0.3 is 0 Å². The summed E-state index contributed by atoms with van der Waals surface area (Å²) in [6.07, 6.45) is 1.81. The molecule has 0 saturated carbocycles. The first-order valence-electron chi connectivity index (χ1n) is 7.30. The van der Waals surface area contributed by atoms with Crippen molar-refractivity contribution in [2.75, 3.05) is 7.11 Å². The molecule has 22 heavy (non-hydrogen) atoms. The lowest BCUT2D eigenvalue weighted by atomic mass is 10.1. The van der Waals surface area contributed by atoms with Crippen molar-refractivity contribution in [2.45, 2.75) is 26.3 Å². The highest BCUT2D eigenvalue weighted by atomic mass is 32.1. The average molecular weight is 313 g/mol. The molecule has 3 rings (SSSR count). The Labute approximate surface area is 134 Å². The first-order valence-corrected chi connectivity index (χ1v) is 8.18. The van der Waals surface area contributed by atoms with Crippen molar-refractivity contribution in [3.63, 3.8) is 0 Å². The fourth-order valence-corrected chi connectivity index (χ4v) is 3.15. The predicted octanol–water partition coefficient (Wildman–Crippen LogP) is 3.49. The van der Waals surface area contributed by atoms with E-state index >= 15 is 0 Å². The van der Waals surface area contributed by atoms with E-state index in [9.17, 15) is 0 Å². The van der Waals surface area contributed by atoms with Gasteiger partial charge in [0.1, 0.15) is 17.4 Å². The van der Waals surface area contributed by atoms with Gasteiger partial charge in [-0.15, -0.1) is 21.5 Å². The van der Waals surface area contributed by atoms with Crippen molar-refractivity contribution in [1.82, 2.24) is 14.8 Å². The van der Waals surface area contributed by atoms with Crippen molar-refractivity contribution >= 4 is 11.3 Å². The van der Waals surface area contributed by atoms with Crippen molar-refractivity contribution in [3.05, 3.63) is 63.9 Å². The molecular formula is C17H19N3OS. The molecule has 0 spiro atoms. The van der Waals surface area contributed by atoms with Gasteiger partial charge in [0, 0.05) is 17.8 Å². The number of methoxy groups -OCH3 is 1. The van der Waals surface area contributed by atoms with E-state index in [-0.39, 0.29) is 0 Å². The minimum Gasteiger partial charge on any atom is -0.497 e. The lowest BCUT2D eigenvalue weighted by molar-refractivity contribution is 0.414. The number of hydrogen-bond donors (Lipinski definition) is 0. The Balaban J connectivity index is 1.70. The Bertz CT molecular complexity index is 717. The van der Waals surface area contributed by atoms with Crippen molar-refractivity contribution in [2.24, 2.45) is 0 Å². The van der Waals surface area contributed by atoms with Gasteiger partial charge in [-0.3, -0.25) is 0 Å². The third-order valence-corrected chi connectivity index (χ3v) is 4.58. The van der Waals surface area contributed by atoms with E-state index in [0.29, 0.717) is 0 Å². The Morgan fingerprint density at radius 2 is 1.95 bits per heavy atom. The molecule has 4 nitrogen and oxygen atoms in total. The molecule has 0 unspecified atom stereocenters. The second-order valence-electron chi connectivity index (χ2n) is 5.17. The Morgan fingerprint density at radius 1 is 1.14 bits per heavy atom. The van der Waals surface area contributed by atoms with Crippen LogP contribution in [0.2, 0.25) is 0 Å². The van der Waals surface area contributed by atoms with Crippen LogP contribution in [-0.4, -0.2) is 21.9 Å². The van der Waals surface area contributed by atoms with Gasteiger partial charge in [-0.2, -0.15) is 0 Å². The van der Waals surface area contributed by atoms with E-state index in [4.69, 9.17) is 4.74 Å². The number of hydrogen-bond acceptors (Lipinski definition) is 4. The van der Waals surface area contributed by atoms with Gasteiger partial charge in [-0.1, -0.05) is 18.2 Å². The maximum absolute atomic E-state index is 5.19. The number of ether oxygens (including phenoxy) is 1. The molecular weight excluding hydrogens is 294 g/mol. The van der Waals surface area contributed by atoms with E-state index < -0.39 is 0 Å². The van der Waals surface area contributed by atoms with Gasteiger partial charge in [0.05, 0.1) is 7.11 Å². The van der Waals surface area contributed by atoms with Gasteiger partial charge in [-0.25, -0.2) is 0 Å². The SMILES string of the molecule is COc1ccc(CCn2c(C)nnc2Cc2cccs2)cc1. The molecule has 2 heterocycles.